The molecular weight excluding hydrogens is 657 g/mol. The Hall–Kier alpha value is -3.80. The summed E-state index contributed by atoms with van der Waals surface area (Å²) < 4.78 is 60.2. The minimum atomic E-state index is -4.11. The van der Waals surface area contributed by atoms with Gasteiger partial charge in [0, 0.05) is 4.90 Å². The molecule has 0 spiro atoms. The predicted molar refractivity (Wildman–Crippen MR) is 191 cm³/mol. The molecule has 5 aromatic rings. The van der Waals surface area contributed by atoms with E-state index in [4.69, 9.17) is 23.1 Å². The first-order chi connectivity index (χ1) is 24.0. The van der Waals surface area contributed by atoms with Gasteiger partial charge < -0.3 is 18.9 Å². The van der Waals surface area contributed by atoms with Gasteiger partial charge in [-0.2, -0.15) is 8.42 Å². The van der Waals surface area contributed by atoms with Crippen LogP contribution in [-0.2, 0) is 58.8 Å². The Morgan fingerprint density at radius 1 is 0.531 bits per heavy atom. The highest BCUT2D eigenvalue weighted by Gasteiger charge is 2.50. The van der Waals surface area contributed by atoms with E-state index in [9.17, 15) is 8.42 Å². The van der Waals surface area contributed by atoms with E-state index in [1.54, 1.807) is 12.1 Å². The van der Waals surface area contributed by atoms with Crippen molar-refractivity contribution in [3.63, 3.8) is 0 Å². The van der Waals surface area contributed by atoms with Gasteiger partial charge in [-0.05, 0) is 34.4 Å². The first-order valence-corrected chi connectivity index (χ1v) is 18.7. The van der Waals surface area contributed by atoms with Crippen molar-refractivity contribution in [1.29, 1.82) is 0 Å². The van der Waals surface area contributed by atoms with Crippen LogP contribution in [0.4, 0.5) is 0 Å². The van der Waals surface area contributed by atoms with Crippen LogP contribution in [0.5, 0.6) is 0 Å². The zero-order valence-electron chi connectivity index (χ0n) is 27.0. The zero-order valence-corrected chi connectivity index (χ0v) is 28.7. The standard InChI is InChI=1S/C40H40O7S2/c41-49(42,30-34-22-12-4-13-23-34)47-38-37(44-27-32-18-8-2-9-19-32)36(29-43-26-31-16-6-1-7-17-31)46-40(48-35-24-14-5-15-25-35)39(38)45-28-33-20-10-3-11-21-33/h1-25,36-40H,26-30H2/t36-,37-,38+,39-,40+/m1/s1. The molecule has 6 rings (SSSR count). The monoisotopic (exact) mass is 696 g/mol. The molecule has 0 saturated carbocycles. The zero-order chi connectivity index (χ0) is 33.7. The quantitative estimate of drug-likeness (QED) is 0.0968. The second-order valence-corrected chi connectivity index (χ2v) is 14.5. The number of rotatable bonds is 16. The van der Waals surface area contributed by atoms with Crippen LogP contribution in [-0.4, -0.2) is 44.9 Å². The fourth-order valence-corrected chi connectivity index (χ4v) is 7.98. The van der Waals surface area contributed by atoms with Gasteiger partial charge in [-0.15, -0.1) is 0 Å². The van der Waals surface area contributed by atoms with E-state index in [1.807, 2.05) is 140 Å². The second-order valence-electron chi connectivity index (χ2n) is 11.7. The van der Waals surface area contributed by atoms with E-state index >= 15 is 0 Å². The van der Waals surface area contributed by atoms with Crippen molar-refractivity contribution in [2.75, 3.05) is 6.61 Å². The molecule has 9 heteroatoms. The van der Waals surface area contributed by atoms with Crippen LogP contribution in [0.2, 0.25) is 0 Å². The third-order valence-electron chi connectivity index (χ3n) is 7.99. The third kappa shape index (κ3) is 10.6. The lowest BCUT2D eigenvalue weighted by atomic mass is 9.99. The molecule has 1 saturated heterocycles. The van der Waals surface area contributed by atoms with E-state index < -0.39 is 40.0 Å². The maximum Gasteiger partial charge on any atom is 0.271 e. The smallest absolute Gasteiger partial charge is 0.271 e. The highest BCUT2D eigenvalue weighted by Crippen LogP contribution is 2.39. The molecule has 0 aliphatic carbocycles. The molecule has 1 aliphatic heterocycles. The van der Waals surface area contributed by atoms with Crippen molar-refractivity contribution in [3.8, 4) is 0 Å². The van der Waals surface area contributed by atoms with Crippen LogP contribution >= 0.6 is 11.8 Å². The van der Waals surface area contributed by atoms with Gasteiger partial charge in [-0.25, -0.2) is 0 Å². The summed E-state index contributed by atoms with van der Waals surface area (Å²) in [7, 11) is -4.11. The van der Waals surface area contributed by atoms with Crippen molar-refractivity contribution in [2.24, 2.45) is 0 Å². The third-order valence-corrected chi connectivity index (χ3v) is 10.4. The first kappa shape index (κ1) is 35.0. The fourth-order valence-electron chi connectivity index (χ4n) is 5.61. The summed E-state index contributed by atoms with van der Waals surface area (Å²) in [6.45, 7) is 0.934. The van der Waals surface area contributed by atoms with Crippen LogP contribution in [0.25, 0.3) is 0 Å². The summed E-state index contributed by atoms with van der Waals surface area (Å²) in [5.41, 5.74) is 2.85. The highest BCUT2D eigenvalue weighted by molar-refractivity contribution is 7.99. The summed E-state index contributed by atoms with van der Waals surface area (Å²) in [4.78, 5) is 0.944. The van der Waals surface area contributed by atoms with Gasteiger partial charge in [-0.1, -0.05) is 151 Å². The van der Waals surface area contributed by atoms with Crippen molar-refractivity contribution in [2.45, 2.75) is 60.3 Å². The van der Waals surface area contributed by atoms with Gasteiger partial charge >= 0.3 is 0 Å². The van der Waals surface area contributed by atoms with E-state index in [2.05, 4.69) is 0 Å². The molecule has 1 aliphatic rings. The lowest BCUT2D eigenvalue weighted by molar-refractivity contribution is -0.233. The van der Waals surface area contributed by atoms with Gasteiger partial charge in [0.15, 0.2) is 0 Å². The molecule has 49 heavy (non-hydrogen) atoms. The lowest BCUT2D eigenvalue weighted by Crippen LogP contribution is -2.60. The molecule has 5 atom stereocenters. The average Bonchev–Trinajstić information content (AvgIpc) is 3.13. The Labute approximate surface area is 293 Å². The molecule has 0 radical (unpaired) electrons. The van der Waals surface area contributed by atoms with Gasteiger partial charge in [0.25, 0.3) is 10.1 Å². The summed E-state index contributed by atoms with van der Waals surface area (Å²) in [5, 5.41) is 0. The van der Waals surface area contributed by atoms with Gasteiger partial charge in [-0.3, -0.25) is 4.18 Å². The molecule has 5 aromatic carbocycles. The summed E-state index contributed by atoms with van der Waals surface area (Å²) in [5.74, 6) is -0.298. The SMILES string of the molecule is O=S(=O)(Cc1ccccc1)O[C@@H]1[C@@H](OCc2ccccc2)[C@H](Sc2ccccc2)O[C@H](COCc2ccccc2)[C@H]1OCc1ccccc1. The van der Waals surface area contributed by atoms with E-state index in [0.717, 1.165) is 21.6 Å². The van der Waals surface area contributed by atoms with Crippen LogP contribution < -0.4 is 0 Å². The first-order valence-electron chi connectivity index (χ1n) is 16.3. The Morgan fingerprint density at radius 3 is 1.51 bits per heavy atom. The minimum Gasteiger partial charge on any atom is -0.374 e. The molecule has 0 amide bonds. The van der Waals surface area contributed by atoms with Crippen molar-refractivity contribution in [3.05, 3.63) is 174 Å². The number of hydrogen-bond acceptors (Lipinski definition) is 8. The molecule has 254 valence electrons. The summed E-state index contributed by atoms with van der Waals surface area (Å²) in [6, 6.07) is 48.2. The normalized spacial score (nSPS) is 20.9. The maximum absolute atomic E-state index is 13.9. The van der Waals surface area contributed by atoms with Crippen molar-refractivity contribution >= 4 is 21.9 Å². The molecular formula is C40H40O7S2. The Kier molecular flexibility index (Phi) is 12.7. The van der Waals surface area contributed by atoms with Crippen LogP contribution in [0.1, 0.15) is 22.3 Å². The number of benzene rings is 5. The maximum atomic E-state index is 13.9. The van der Waals surface area contributed by atoms with E-state index in [-0.39, 0.29) is 25.6 Å². The molecule has 1 heterocycles. The number of thioether (sulfide) groups is 1. The largest absolute Gasteiger partial charge is 0.374 e. The molecule has 0 unspecified atom stereocenters. The van der Waals surface area contributed by atoms with E-state index in [1.165, 1.54) is 11.8 Å². The minimum absolute atomic E-state index is 0.143. The Balaban J connectivity index is 1.35. The second kappa shape index (κ2) is 17.7. The van der Waals surface area contributed by atoms with E-state index in [0.29, 0.717) is 12.2 Å². The Bertz CT molecular complexity index is 1780. The molecule has 7 nitrogen and oxygen atoms in total. The predicted octanol–water partition coefficient (Wildman–Crippen LogP) is 7.81. The molecule has 0 bridgehead atoms. The number of hydrogen-bond donors (Lipinski definition) is 0. The number of ether oxygens (including phenoxy) is 4. The van der Waals surface area contributed by atoms with Crippen molar-refractivity contribution in [1.82, 2.24) is 0 Å². The van der Waals surface area contributed by atoms with Crippen LogP contribution in [0.3, 0.4) is 0 Å². The lowest BCUT2D eigenvalue weighted by Gasteiger charge is -2.45. The topological polar surface area (TPSA) is 80.3 Å². The van der Waals surface area contributed by atoms with Crippen molar-refractivity contribution < 1.29 is 31.5 Å². The highest BCUT2D eigenvalue weighted by atomic mass is 32.2. The fraction of sp³-hybridized carbons (Fsp3) is 0.250. The van der Waals surface area contributed by atoms with Gasteiger partial charge in [0.1, 0.15) is 35.6 Å². The average molecular weight is 697 g/mol. The molecule has 0 aromatic heterocycles. The molecule has 0 N–H and O–H groups in total. The van der Waals surface area contributed by atoms with Crippen LogP contribution in [0.15, 0.2) is 157 Å². The summed E-state index contributed by atoms with van der Waals surface area (Å²) >= 11 is 1.46. The van der Waals surface area contributed by atoms with Crippen LogP contribution in [0, 0.1) is 0 Å². The van der Waals surface area contributed by atoms with Gasteiger partial charge in [0.05, 0.1) is 26.4 Å². The summed E-state index contributed by atoms with van der Waals surface area (Å²) in [6.07, 6.45) is -3.42. The Morgan fingerprint density at radius 2 is 0.980 bits per heavy atom. The molecule has 1 fully saturated rings. The van der Waals surface area contributed by atoms with Gasteiger partial charge in [0.2, 0.25) is 0 Å².